The first kappa shape index (κ1) is 18.7. The number of aryl methyl sites for hydroxylation is 1. The number of hydrogen-bond donors (Lipinski definition) is 1. The van der Waals surface area contributed by atoms with Gasteiger partial charge in [-0.15, -0.1) is 0 Å². The molecule has 1 saturated heterocycles. The van der Waals surface area contributed by atoms with Gasteiger partial charge in [-0.05, 0) is 48.9 Å². The summed E-state index contributed by atoms with van der Waals surface area (Å²) in [6.45, 7) is 3.92. The summed E-state index contributed by atoms with van der Waals surface area (Å²) in [5.74, 6) is -0.0112. The van der Waals surface area contributed by atoms with Crippen LogP contribution in [0.25, 0.3) is 0 Å². The highest BCUT2D eigenvalue weighted by molar-refractivity contribution is 9.10. The average Bonchev–Trinajstić information content (AvgIpc) is 2.65. The third-order valence-electron chi connectivity index (χ3n) is 4.37. The largest absolute Gasteiger partial charge is 0.335 e. The summed E-state index contributed by atoms with van der Waals surface area (Å²) in [5.41, 5.74) is 2.28. The van der Waals surface area contributed by atoms with Crippen molar-refractivity contribution in [2.75, 3.05) is 31.5 Å². The van der Waals surface area contributed by atoms with Crippen LogP contribution in [0.3, 0.4) is 0 Å². The Morgan fingerprint density at radius 3 is 2.23 bits per heavy atom. The molecule has 1 N–H and O–H groups in total. The van der Waals surface area contributed by atoms with E-state index in [1.54, 1.807) is 28.0 Å². The zero-order chi connectivity index (χ0) is 18.7. The molecule has 0 atom stereocenters. The molecule has 0 bridgehead atoms. The van der Waals surface area contributed by atoms with Gasteiger partial charge in [0.1, 0.15) is 0 Å². The molecule has 0 radical (unpaired) electrons. The van der Waals surface area contributed by atoms with Gasteiger partial charge in [0.25, 0.3) is 5.91 Å². The predicted molar refractivity (Wildman–Crippen MR) is 107 cm³/mol. The minimum atomic E-state index is -0.180. The molecule has 136 valence electrons. The van der Waals surface area contributed by atoms with Crippen LogP contribution in [0, 0.1) is 6.92 Å². The molecule has 0 aliphatic carbocycles. The van der Waals surface area contributed by atoms with Crippen molar-refractivity contribution >= 4 is 45.2 Å². The quantitative estimate of drug-likeness (QED) is 0.758. The Bertz CT molecular complexity index is 818. The second kappa shape index (κ2) is 8.10. The van der Waals surface area contributed by atoms with Crippen molar-refractivity contribution in [2.24, 2.45) is 0 Å². The number of hydrogen-bond acceptors (Lipinski definition) is 2. The predicted octanol–water partition coefficient (Wildman–Crippen LogP) is 4.40. The first-order valence-electron chi connectivity index (χ1n) is 8.31. The van der Waals surface area contributed by atoms with E-state index in [1.807, 2.05) is 31.2 Å². The molecular formula is C19H19BrClN3O2. The first-order valence-corrected chi connectivity index (χ1v) is 9.48. The van der Waals surface area contributed by atoms with Crippen LogP contribution in [0.2, 0.25) is 5.02 Å². The van der Waals surface area contributed by atoms with Gasteiger partial charge >= 0.3 is 6.03 Å². The number of anilines is 1. The van der Waals surface area contributed by atoms with Crippen LogP contribution in [0.4, 0.5) is 10.5 Å². The van der Waals surface area contributed by atoms with Crippen LogP contribution in [-0.2, 0) is 0 Å². The van der Waals surface area contributed by atoms with Crippen LogP contribution in [0.1, 0.15) is 15.9 Å². The third kappa shape index (κ3) is 4.37. The van der Waals surface area contributed by atoms with E-state index in [0.29, 0.717) is 42.5 Å². The Kier molecular flexibility index (Phi) is 5.84. The van der Waals surface area contributed by atoms with E-state index in [0.717, 1.165) is 10.0 Å². The van der Waals surface area contributed by atoms with E-state index in [4.69, 9.17) is 11.6 Å². The van der Waals surface area contributed by atoms with Gasteiger partial charge in [0.15, 0.2) is 0 Å². The smallest absolute Gasteiger partial charge is 0.321 e. The Morgan fingerprint density at radius 1 is 1.00 bits per heavy atom. The SMILES string of the molecule is Cc1ccc(NC(=O)N2CCN(C(=O)c3ccc(Br)cc3)CC2)cc1Cl. The number of rotatable bonds is 2. The van der Waals surface area contributed by atoms with E-state index in [9.17, 15) is 9.59 Å². The molecule has 0 saturated carbocycles. The average molecular weight is 437 g/mol. The van der Waals surface area contributed by atoms with Crippen LogP contribution in [-0.4, -0.2) is 47.9 Å². The summed E-state index contributed by atoms with van der Waals surface area (Å²) in [6, 6.07) is 12.6. The van der Waals surface area contributed by atoms with Gasteiger partial charge in [-0.2, -0.15) is 0 Å². The molecule has 1 fully saturated rings. The second-order valence-corrected chi connectivity index (χ2v) is 7.50. The zero-order valence-electron chi connectivity index (χ0n) is 14.3. The van der Waals surface area contributed by atoms with Crippen LogP contribution in [0.15, 0.2) is 46.9 Å². The Labute approximate surface area is 166 Å². The molecule has 3 rings (SSSR count). The molecule has 1 aliphatic heterocycles. The fraction of sp³-hybridized carbons (Fsp3) is 0.263. The Hall–Kier alpha value is -2.05. The van der Waals surface area contributed by atoms with Crippen LogP contribution < -0.4 is 5.32 Å². The minimum Gasteiger partial charge on any atom is -0.335 e. The number of urea groups is 1. The highest BCUT2D eigenvalue weighted by Gasteiger charge is 2.25. The van der Waals surface area contributed by atoms with Gasteiger partial charge in [-0.3, -0.25) is 4.79 Å². The van der Waals surface area contributed by atoms with Gasteiger partial charge in [0.05, 0.1) is 0 Å². The summed E-state index contributed by atoms with van der Waals surface area (Å²) in [7, 11) is 0. The fourth-order valence-electron chi connectivity index (χ4n) is 2.76. The van der Waals surface area contributed by atoms with Crippen molar-refractivity contribution in [1.82, 2.24) is 9.80 Å². The zero-order valence-corrected chi connectivity index (χ0v) is 16.7. The standard InChI is InChI=1S/C19H19BrClN3O2/c1-13-2-7-16(12-17(13)21)22-19(26)24-10-8-23(9-11-24)18(25)14-3-5-15(20)6-4-14/h2-7,12H,8-11H2,1H3,(H,22,26). The maximum absolute atomic E-state index is 12.5. The second-order valence-electron chi connectivity index (χ2n) is 6.18. The van der Waals surface area contributed by atoms with Crippen molar-refractivity contribution in [1.29, 1.82) is 0 Å². The van der Waals surface area contributed by atoms with E-state index < -0.39 is 0 Å². The van der Waals surface area contributed by atoms with Gasteiger partial charge in [0.2, 0.25) is 0 Å². The molecule has 1 heterocycles. The lowest BCUT2D eigenvalue weighted by Crippen LogP contribution is -2.51. The molecule has 1 aliphatic rings. The number of nitrogens with one attached hydrogen (secondary N) is 1. The number of halogens is 2. The molecule has 5 nitrogen and oxygen atoms in total. The van der Waals surface area contributed by atoms with E-state index in [1.165, 1.54) is 0 Å². The lowest BCUT2D eigenvalue weighted by atomic mass is 10.2. The van der Waals surface area contributed by atoms with Crippen LogP contribution in [0.5, 0.6) is 0 Å². The third-order valence-corrected chi connectivity index (χ3v) is 5.30. The molecule has 7 heteroatoms. The van der Waals surface area contributed by atoms with Gasteiger partial charge in [-0.25, -0.2) is 4.79 Å². The maximum atomic E-state index is 12.5. The van der Waals surface area contributed by atoms with Crippen molar-refractivity contribution < 1.29 is 9.59 Å². The lowest BCUT2D eigenvalue weighted by molar-refractivity contribution is 0.0671. The minimum absolute atomic E-state index is 0.0112. The summed E-state index contributed by atoms with van der Waals surface area (Å²) < 4.78 is 0.937. The number of benzene rings is 2. The summed E-state index contributed by atoms with van der Waals surface area (Å²) in [6.07, 6.45) is 0. The van der Waals surface area contributed by atoms with Crippen molar-refractivity contribution in [3.8, 4) is 0 Å². The van der Waals surface area contributed by atoms with Crippen LogP contribution >= 0.6 is 27.5 Å². The highest BCUT2D eigenvalue weighted by Crippen LogP contribution is 2.20. The summed E-state index contributed by atoms with van der Waals surface area (Å²) in [4.78, 5) is 28.4. The Morgan fingerprint density at radius 2 is 1.62 bits per heavy atom. The first-order chi connectivity index (χ1) is 12.4. The van der Waals surface area contributed by atoms with Gasteiger partial charge in [-0.1, -0.05) is 33.6 Å². The number of piperazine rings is 1. The van der Waals surface area contributed by atoms with Crippen molar-refractivity contribution in [3.05, 3.63) is 63.1 Å². The molecule has 26 heavy (non-hydrogen) atoms. The lowest BCUT2D eigenvalue weighted by Gasteiger charge is -2.34. The molecule has 2 aromatic rings. The van der Waals surface area contributed by atoms with E-state index in [-0.39, 0.29) is 11.9 Å². The van der Waals surface area contributed by atoms with Gasteiger partial charge < -0.3 is 15.1 Å². The van der Waals surface area contributed by atoms with Gasteiger partial charge in [0, 0.05) is 46.9 Å². The summed E-state index contributed by atoms with van der Waals surface area (Å²) in [5, 5.41) is 3.47. The number of amides is 3. The normalized spacial score (nSPS) is 14.3. The monoisotopic (exact) mass is 435 g/mol. The molecule has 3 amide bonds. The molecule has 0 unspecified atom stereocenters. The fourth-order valence-corrected chi connectivity index (χ4v) is 3.21. The Balaban J connectivity index is 1.55. The van der Waals surface area contributed by atoms with Crippen molar-refractivity contribution in [3.63, 3.8) is 0 Å². The number of carbonyl (C=O) groups excluding carboxylic acids is 2. The summed E-state index contributed by atoms with van der Waals surface area (Å²) >= 11 is 9.46. The molecule has 2 aromatic carbocycles. The molecular weight excluding hydrogens is 418 g/mol. The maximum Gasteiger partial charge on any atom is 0.321 e. The van der Waals surface area contributed by atoms with E-state index >= 15 is 0 Å². The van der Waals surface area contributed by atoms with E-state index in [2.05, 4.69) is 21.2 Å². The molecule has 0 spiro atoms. The molecule has 0 aromatic heterocycles. The highest BCUT2D eigenvalue weighted by atomic mass is 79.9. The number of carbonyl (C=O) groups is 2. The van der Waals surface area contributed by atoms with Crippen molar-refractivity contribution in [2.45, 2.75) is 6.92 Å². The number of nitrogens with zero attached hydrogens (tertiary/aromatic N) is 2. The topological polar surface area (TPSA) is 52.7 Å².